The smallest absolute Gasteiger partial charge is 0.258 e. The number of amides is 1. The van der Waals surface area contributed by atoms with Crippen molar-refractivity contribution in [3.8, 4) is 5.75 Å². The van der Waals surface area contributed by atoms with Crippen LogP contribution in [0.5, 0.6) is 5.75 Å². The molecule has 0 radical (unpaired) electrons. The highest BCUT2D eigenvalue weighted by atomic mass is 16.5. The fraction of sp³-hybridized carbons (Fsp3) is 0.500. The number of nitrogens with two attached hydrogens (primary N) is 1. The van der Waals surface area contributed by atoms with Crippen molar-refractivity contribution in [2.24, 2.45) is 5.73 Å². The van der Waals surface area contributed by atoms with Crippen LogP contribution in [0.15, 0.2) is 24.3 Å². The highest BCUT2D eigenvalue weighted by molar-refractivity contribution is 5.79. The van der Waals surface area contributed by atoms with Gasteiger partial charge in [0, 0.05) is 11.6 Å². The first-order valence-corrected chi connectivity index (χ1v) is 6.36. The molecule has 100 valence electrons. The van der Waals surface area contributed by atoms with Gasteiger partial charge in [-0.3, -0.25) is 4.79 Å². The molecule has 0 saturated carbocycles. The van der Waals surface area contributed by atoms with E-state index >= 15 is 0 Å². The zero-order valence-electron chi connectivity index (χ0n) is 11.3. The number of carbonyl (C=O) groups is 1. The summed E-state index contributed by atoms with van der Waals surface area (Å²) in [6.07, 6.45) is 0.949. The summed E-state index contributed by atoms with van der Waals surface area (Å²) in [5, 5.41) is 3.23. The molecule has 0 aromatic heterocycles. The van der Waals surface area contributed by atoms with E-state index in [0.717, 1.165) is 17.7 Å². The fourth-order valence-electron chi connectivity index (χ4n) is 1.95. The van der Waals surface area contributed by atoms with Gasteiger partial charge in [-0.2, -0.15) is 0 Å². The summed E-state index contributed by atoms with van der Waals surface area (Å²) < 4.78 is 5.73. The van der Waals surface area contributed by atoms with Crippen LogP contribution in [0.2, 0.25) is 0 Å². The Kier molecular flexibility index (Phi) is 5.65. The zero-order valence-corrected chi connectivity index (χ0v) is 11.3. The Morgan fingerprint density at radius 1 is 1.33 bits per heavy atom. The van der Waals surface area contributed by atoms with Crippen LogP contribution in [0.4, 0.5) is 0 Å². The SMILES string of the molecule is CCC(Oc1ccccc1C(CC)NC)C(N)=O. The number of hydrogen-bond acceptors (Lipinski definition) is 3. The van der Waals surface area contributed by atoms with Crippen molar-refractivity contribution in [3.05, 3.63) is 29.8 Å². The normalized spacial score (nSPS) is 13.9. The largest absolute Gasteiger partial charge is 0.480 e. The fourth-order valence-corrected chi connectivity index (χ4v) is 1.95. The van der Waals surface area contributed by atoms with E-state index in [9.17, 15) is 4.79 Å². The second-order valence-corrected chi connectivity index (χ2v) is 4.20. The third-order valence-electron chi connectivity index (χ3n) is 3.01. The summed E-state index contributed by atoms with van der Waals surface area (Å²) in [6.45, 7) is 3.98. The van der Waals surface area contributed by atoms with Gasteiger partial charge in [-0.25, -0.2) is 0 Å². The molecule has 3 N–H and O–H groups in total. The van der Waals surface area contributed by atoms with Crippen LogP contribution in [0.1, 0.15) is 38.3 Å². The van der Waals surface area contributed by atoms with Gasteiger partial charge >= 0.3 is 0 Å². The third kappa shape index (κ3) is 3.47. The number of nitrogens with one attached hydrogen (secondary N) is 1. The van der Waals surface area contributed by atoms with E-state index in [0.29, 0.717) is 6.42 Å². The van der Waals surface area contributed by atoms with Crippen molar-refractivity contribution in [2.45, 2.75) is 38.8 Å². The Morgan fingerprint density at radius 3 is 2.50 bits per heavy atom. The van der Waals surface area contributed by atoms with E-state index in [1.807, 2.05) is 38.2 Å². The van der Waals surface area contributed by atoms with Crippen LogP contribution in [0.3, 0.4) is 0 Å². The highest BCUT2D eigenvalue weighted by Gasteiger charge is 2.18. The Balaban J connectivity index is 2.97. The number of rotatable bonds is 7. The average Bonchev–Trinajstić information content (AvgIpc) is 2.38. The molecule has 0 saturated heterocycles. The third-order valence-corrected chi connectivity index (χ3v) is 3.01. The lowest BCUT2D eigenvalue weighted by molar-refractivity contribution is -0.124. The van der Waals surface area contributed by atoms with Gasteiger partial charge in [0.05, 0.1) is 0 Å². The van der Waals surface area contributed by atoms with Crippen LogP contribution in [0, 0.1) is 0 Å². The number of benzene rings is 1. The van der Waals surface area contributed by atoms with Crippen molar-refractivity contribution in [1.29, 1.82) is 0 Å². The van der Waals surface area contributed by atoms with Gasteiger partial charge in [0.2, 0.25) is 0 Å². The minimum absolute atomic E-state index is 0.214. The van der Waals surface area contributed by atoms with Crippen molar-refractivity contribution in [3.63, 3.8) is 0 Å². The molecule has 2 atom stereocenters. The van der Waals surface area contributed by atoms with Crippen LogP contribution in [0.25, 0.3) is 0 Å². The molecule has 0 heterocycles. The summed E-state index contributed by atoms with van der Waals surface area (Å²) in [6, 6.07) is 7.96. The molecule has 1 amide bonds. The minimum atomic E-state index is -0.569. The Morgan fingerprint density at radius 2 is 2.00 bits per heavy atom. The van der Waals surface area contributed by atoms with Crippen molar-refractivity contribution in [1.82, 2.24) is 5.32 Å². The summed E-state index contributed by atoms with van der Waals surface area (Å²) in [4.78, 5) is 11.2. The molecule has 1 aromatic rings. The van der Waals surface area contributed by atoms with E-state index < -0.39 is 12.0 Å². The molecule has 0 aliphatic rings. The monoisotopic (exact) mass is 250 g/mol. The molecule has 2 unspecified atom stereocenters. The summed E-state index contributed by atoms with van der Waals surface area (Å²) in [5.74, 6) is 0.300. The molecule has 0 bridgehead atoms. The molecule has 18 heavy (non-hydrogen) atoms. The highest BCUT2D eigenvalue weighted by Crippen LogP contribution is 2.27. The molecule has 0 spiro atoms. The average molecular weight is 250 g/mol. The van der Waals surface area contributed by atoms with Crippen molar-refractivity contribution < 1.29 is 9.53 Å². The summed E-state index contributed by atoms with van der Waals surface area (Å²) in [5.41, 5.74) is 6.36. The second kappa shape index (κ2) is 7.01. The van der Waals surface area contributed by atoms with E-state index in [1.54, 1.807) is 0 Å². The Labute approximate surface area is 109 Å². The molecule has 1 rings (SSSR count). The van der Waals surface area contributed by atoms with Gasteiger partial charge in [-0.15, -0.1) is 0 Å². The van der Waals surface area contributed by atoms with Crippen molar-refractivity contribution >= 4 is 5.91 Å². The van der Waals surface area contributed by atoms with Gasteiger partial charge in [0.1, 0.15) is 5.75 Å². The molecule has 4 heteroatoms. The maximum atomic E-state index is 11.2. The summed E-state index contributed by atoms with van der Waals surface area (Å²) >= 11 is 0. The van der Waals surface area contributed by atoms with Crippen LogP contribution in [-0.2, 0) is 4.79 Å². The lowest BCUT2D eigenvalue weighted by Crippen LogP contribution is -2.33. The van der Waals surface area contributed by atoms with Gasteiger partial charge in [-0.05, 0) is 26.0 Å². The van der Waals surface area contributed by atoms with Gasteiger partial charge in [-0.1, -0.05) is 32.0 Å². The molecular formula is C14H22N2O2. The first kappa shape index (κ1) is 14.5. The second-order valence-electron chi connectivity index (χ2n) is 4.20. The quantitative estimate of drug-likeness (QED) is 0.778. The Bertz CT molecular complexity index is 389. The van der Waals surface area contributed by atoms with E-state index in [1.165, 1.54) is 0 Å². The predicted molar refractivity (Wildman–Crippen MR) is 72.4 cm³/mol. The number of ether oxygens (including phenoxy) is 1. The first-order chi connectivity index (χ1) is 8.63. The first-order valence-electron chi connectivity index (χ1n) is 6.36. The van der Waals surface area contributed by atoms with E-state index in [-0.39, 0.29) is 6.04 Å². The topological polar surface area (TPSA) is 64.3 Å². The number of primary amides is 1. The Hall–Kier alpha value is -1.55. The van der Waals surface area contributed by atoms with Gasteiger partial charge in [0.25, 0.3) is 5.91 Å². The van der Waals surface area contributed by atoms with Crippen LogP contribution in [-0.4, -0.2) is 19.1 Å². The van der Waals surface area contributed by atoms with Crippen molar-refractivity contribution in [2.75, 3.05) is 7.05 Å². The minimum Gasteiger partial charge on any atom is -0.480 e. The maximum Gasteiger partial charge on any atom is 0.258 e. The lowest BCUT2D eigenvalue weighted by atomic mass is 10.0. The molecule has 0 aliphatic heterocycles. The molecular weight excluding hydrogens is 228 g/mol. The van der Waals surface area contributed by atoms with Gasteiger partial charge in [0.15, 0.2) is 6.10 Å². The molecule has 0 fully saturated rings. The van der Waals surface area contributed by atoms with Gasteiger partial charge < -0.3 is 15.8 Å². The van der Waals surface area contributed by atoms with Crippen LogP contribution >= 0.6 is 0 Å². The number of para-hydroxylation sites is 1. The predicted octanol–water partition coefficient (Wildman–Crippen LogP) is 2.00. The number of carbonyl (C=O) groups excluding carboxylic acids is 1. The van der Waals surface area contributed by atoms with Crippen LogP contribution < -0.4 is 15.8 Å². The van der Waals surface area contributed by atoms with E-state index in [2.05, 4.69) is 12.2 Å². The molecule has 4 nitrogen and oxygen atoms in total. The lowest BCUT2D eigenvalue weighted by Gasteiger charge is -2.21. The molecule has 1 aromatic carbocycles. The maximum absolute atomic E-state index is 11.2. The summed E-state index contributed by atoms with van der Waals surface area (Å²) in [7, 11) is 1.91. The zero-order chi connectivity index (χ0) is 13.5. The van der Waals surface area contributed by atoms with E-state index in [4.69, 9.17) is 10.5 Å². The molecule has 0 aliphatic carbocycles. The standard InChI is InChI=1S/C14H22N2O2/c1-4-11(16-3)10-8-6-7-9-13(10)18-12(5-2)14(15)17/h6-9,11-12,16H,4-5H2,1-3H3,(H2,15,17). The number of hydrogen-bond donors (Lipinski definition) is 2.